The van der Waals surface area contributed by atoms with Crippen molar-refractivity contribution in [3.63, 3.8) is 0 Å². The van der Waals surface area contributed by atoms with Gasteiger partial charge in [-0.1, -0.05) is 23.7 Å². The van der Waals surface area contributed by atoms with Crippen LogP contribution in [0.2, 0.25) is 5.02 Å². The molecular weight excluding hydrogens is 242 g/mol. The SMILES string of the molecule is CNC(Cc1ccc(C)cc1Cl)C1CC2CC2C1. The first-order chi connectivity index (χ1) is 8.67. The van der Waals surface area contributed by atoms with Gasteiger partial charge in [0.15, 0.2) is 0 Å². The molecule has 1 N–H and O–H groups in total. The summed E-state index contributed by atoms with van der Waals surface area (Å²) in [5, 5.41) is 4.45. The van der Waals surface area contributed by atoms with Crippen LogP contribution >= 0.6 is 11.6 Å². The van der Waals surface area contributed by atoms with Crippen molar-refractivity contribution < 1.29 is 0 Å². The van der Waals surface area contributed by atoms with Gasteiger partial charge in [0.1, 0.15) is 0 Å². The normalized spacial score (nSPS) is 31.2. The summed E-state index contributed by atoms with van der Waals surface area (Å²) >= 11 is 6.35. The number of aryl methyl sites for hydroxylation is 1. The van der Waals surface area contributed by atoms with Crippen LogP contribution in [-0.4, -0.2) is 13.1 Å². The minimum Gasteiger partial charge on any atom is -0.316 e. The van der Waals surface area contributed by atoms with Crippen molar-refractivity contribution in [3.05, 3.63) is 34.3 Å². The predicted octanol–water partition coefficient (Wildman–Crippen LogP) is 3.83. The predicted molar refractivity (Wildman–Crippen MR) is 77.1 cm³/mol. The highest BCUT2D eigenvalue weighted by Crippen LogP contribution is 2.55. The van der Waals surface area contributed by atoms with Crippen molar-refractivity contribution in [2.45, 2.75) is 38.6 Å². The molecule has 0 aromatic heterocycles. The van der Waals surface area contributed by atoms with Gasteiger partial charge in [0.25, 0.3) is 0 Å². The molecule has 2 fully saturated rings. The Morgan fingerprint density at radius 1 is 1.28 bits per heavy atom. The fourth-order valence-electron chi connectivity index (χ4n) is 3.65. The third-order valence-electron chi connectivity index (χ3n) is 4.87. The Labute approximate surface area is 115 Å². The molecule has 2 aliphatic rings. The number of benzene rings is 1. The molecule has 1 aromatic rings. The van der Waals surface area contributed by atoms with Gasteiger partial charge in [-0.2, -0.15) is 0 Å². The van der Waals surface area contributed by atoms with E-state index in [1.165, 1.54) is 30.4 Å². The van der Waals surface area contributed by atoms with E-state index in [-0.39, 0.29) is 0 Å². The molecule has 3 atom stereocenters. The van der Waals surface area contributed by atoms with Gasteiger partial charge in [-0.3, -0.25) is 0 Å². The number of fused-ring (bicyclic) bond motifs is 1. The standard InChI is InChI=1S/C16H22ClN/c1-10-3-4-11(15(17)5-10)9-16(18-2)14-7-12-6-13(12)8-14/h3-5,12-14,16,18H,6-9H2,1-2H3. The van der Waals surface area contributed by atoms with Gasteiger partial charge in [0.05, 0.1) is 0 Å². The van der Waals surface area contributed by atoms with Gasteiger partial charge in [0, 0.05) is 11.1 Å². The Bertz CT molecular complexity index is 433. The number of hydrogen-bond donors (Lipinski definition) is 1. The summed E-state index contributed by atoms with van der Waals surface area (Å²) in [6.45, 7) is 2.09. The maximum Gasteiger partial charge on any atom is 0.0441 e. The highest BCUT2D eigenvalue weighted by molar-refractivity contribution is 6.31. The molecule has 0 saturated heterocycles. The van der Waals surface area contributed by atoms with Crippen LogP contribution in [0, 0.1) is 24.7 Å². The van der Waals surface area contributed by atoms with Crippen molar-refractivity contribution >= 4 is 11.6 Å². The average molecular weight is 264 g/mol. The summed E-state index contributed by atoms with van der Waals surface area (Å²) in [5.74, 6) is 2.97. The zero-order chi connectivity index (χ0) is 12.7. The molecule has 3 rings (SSSR count). The lowest BCUT2D eigenvalue weighted by atomic mass is 9.89. The second kappa shape index (κ2) is 4.86. The molecule has 0 radical (unpaired) electrons. The lowest BCUT2D eigenvalue weighted by molar-refractivity contribution is 0.349. The molecule has 0 heterocycles. The van der Waals surface area contributed by atoms with E-state index >= 15 is 0 Å². The number of nitrogens with one attached hydrogen (secondary N) is 1. The van der Waals surface area contributed by atoms with Crippen LogP contribution in [0.4, 0.5) is 0 Å². The lowest BCUT2D eigenvalue weighted by Gasteiger charge is -2.25. The first-order valence-corrected chi connectivity index (χ1v) is 7.47. The van der Waals surface area contributed by atoms with Gasteiger partial charge in [-0.15, -0.1) is 0 Å². The van der Waals surface area contributed by atoms with Crippen molar-refractivity contribution in [2.24, 2.45) is 17.8 Å². The summed E-state index contributed by atoms with van der Waals surface area (Å²) < 4.78 is 0. The quantitative estimate of drug-likeness (QED) is 0.871. The Balaban J connectivity index is 1.69. The molecule has 0 spiro atoms. The fourth-order valence-corrected chi connectivity index (χ4v) is 3.96. The molecule has 2 aliphatic carbocycles. The van der Waals surface area contributed by atoms with Crippen LogP contribution in [0.25, 0.3) is 0 Å². The van der Waals surface area contributed by atoms with Gasteiger partial charge in [-0.25, -0.2) is 0 Å². The Morgan fingerprint density at radius 3 is 2.61 bits per heavy atom. The Kier molecular flexibility index (Phi) is 3.38. The molecular formula is C16H22ClN. The van der Waals surface area contributed by atoms with Gasteiger partial charge < -0.3 is 5.32 Å². The highest BCUT2D eigenvalue weighted by Gasteiger charge is 2.47. The van der Waals surface area contributed by atoms with Crippen LogP contribution in [-0.2, 0) is 6.42 Å². The Morgan fingerprint density at radius 2 is 2.00 bits per heavy atom. The smallest absolute Gasteiger partial charge is 0.0441 e. The maximum atomic E-state index is 6.35. The summed E-state index contributed by atoms with van der Waals surface area (Å²) in [5.41, 5.74) is 2.54. The molecule has 98 valence electrons. The van der Waals surface area contributed by atoms with Crippen LogP contribution in [0.1, 0.15) is 30.4 Å². The van der Waals surface area contributed by atoms with E-state index in [0.717, 1.165) is 29.2 Å². The summed E-state index contributed by atoms with van der Waals surface area (Å²) in [6, 6.07) is 7.03. The highest BCUT2D eigenvalue weighted by atomic mass is 35.5. The Hall–Kier alpha value is -0.530. The number of halogens is 1. The zero-order valence-electron chi connectivity index (χ0n) is 11.2. The third-order valence-corrected chi connectivity index (χ3v) is 5.22. The molecule has 1 nitrogen and oxygen atoms in total. The molecule has 0 aliphatic heterocycles. The summed E-state index contributed by atoms with van der Waals surface area (Å²) in [7, 11) is 2.09. The topological polar surface area (TPSA) is 12.0 Å². The molecule has 18 heavy (non-hydrogen) atoms. The largest absolute Gasteiger partial charge is 0.316 e. The first-order valence-electron chi connectivity index (χ1n) is 7.09. The molecule has 2 saturated carbocycles. The second-order valence-electron chi connectivity index (χ2n) is 6.18. The van der Waals surface area contributed by atoms with E-state index in [2.05, 4.69) is 37.5 Å². The lowest BCUT2D eigenvalue weighted by Crippen LogP contribution is -2.35. The van der Waals surface area contributed by atoms with Crippen molar-refractivity contribution in [3.8, 4) is 0 Å². The van der Waals surface area contributed by atoms with Crippen LogP contribution < -0.4 is 5.32 Å². The van der Waals surface area contributed by atoms with Crippen molar-refractivity contribution in [2.75, 3.05) is 7.05 Å². The second-order valence-corrected chi connectivity index (χ2v) is 6.59. The van der Waals surface area contributed by atoms with Crippen molar-refractivity contribution in [1.82, 2.24) is 5.32 Å². The maximum absolute atomic E-state index is 6.35. The molecule has 2 heteroatoms. The average Bonchev–Trinajstić information content (AvgIpc) is 2.95. The monoisotopic (exact) mass is 263 g/mol. The van der Waals surface area contributed by atoms with Crippen molar-refractivity contribution in [1.29, 1.82) is 0 Å². The fraction of sp³-hybridized carbons (Fsp3) is 0.625. The molecule has 1 aromatic carbocycles. The van der Waals surface area contributed by atoms with Crippen LogP contribution in [0.5, 0.6) is 0 Å². The van der Waals surface area contributed by atoms with E-state index in [4.69, 9.17) is 11.6 Å². The number of likely N-dealkylation sites (N-methyl/N-ethyl adjacent to an activating group) is 1. The van der Waals surface area contributed by atoms with Gasteiger partial charge in [0.2, 0.25) is 0 Å². The van der Waals surface area contributed by atoms with Crippen LogP contribution in [0.3, 0.4) is 0 Å². The van der Waals surface area contributed by atoms with Gasteiger partial charge >= 0.3 is 0 Å². The van der Waals surface area contributed by atoms with E-state index in [9.17, 15) is 0 Å². The molecule has 0 amide bonds. The minimum atomic E-state index is 0.595. The van der Waals surface area contributed by atoms with E-state index in [0.29, 0.717) is 6.04 Å². The van der Waals surface area contributed by atoms with E-state index in [1.54, 1.807) is 0 Å². The van der Waals surface area contributed by atoms with E-state index in [1.807, 2.05) is 0 Å². The first kappa shape index (κ1) is 12.5. The third kappa shape index (κ3) is 2.44. The zero-order valence-corrected chi connectivity index (χ0v) is 12.0. The van der Waals surface area contributed by atoms with Gasteiger partial charge in [-0.05, 0) is 74.6 Å². The summed E-state index contributed by atoms with van der Waals surface area (Å²) in [4.78, 5) is 0. The van der Waals surface area contributed by atoms with Crippen LogP contribution in [0.15, 0.2) is 18.2 Å². The number of hydrogen-bond acceptors (Lipinski definition) is 1. The molecule has 3 unspecified atom stereocenters. The summed E-state index contributed by atoms with van der Waals surface area (Å²) in [6.07, 6.45) is 5.43. The molecule has 0 bridgehead atoms. The minimum absolute atomic E-state index is 0.595. The number of rotatable bonds is 4. The van der Waals surface area contributed by atoms with E-state index < -0.39 is 0 Å².